The van der Waals surface area contributed by atoms with E-state index in [0.717, 1.165) is 16.5 Å². The summed E-state index contributed by atoms with van der Waals surface area (Å²) in [5, 5.41) is 3.76. The van der Waals surface area contributed by atoms with E-state index < -0.39 is 11.7 Å². The number of furan rings is 1. The lowest BCUT2D eigenvalue weighted by Crippen LogP contribution is -2.38. The van der Waals surface area contributed by atoms with Gasteiger partial charge in [0, 0.05) is 30.9 Å². The average molecular weight is 424 g/mol. The minimum atomic E-state index is -0.585. The predicted molar refractivity (Wildman–Crippen MR) is 119 cm³/mol. The Hall–Kier alpha value is -3.35. The van der Waals surface area contributed by atoms with Gasteiger partial charge in [-0.15, -0.1) is 0 Å². The van der Waals surface area contributed by atoms with Crippen LogP contribution in [-0.2, 0) is 11.3 Å². The Kier molecular flexibility index (Phi) is 6.95. The second kappa shape index (κ2) is 9.64. The molecule has 3 aromatic rings. The molecule has 0 saturated carbocycles. The molecule has 0 aliphatic heterocycles. The fraction of sp³-hybridized carbons (Fsp3) is 0.375. The van der Waals surface area contributed by atoms with E-state index in [0.29, 0.717) is 31.6 Å². The number of nitrogens with zero attached hydrogens (tertiary/aromatic N) is 2. The summed E-state index contributed by atoms with van der Waals surface area (Å²) < 4.78 is 11.2. The maximum absolute atomic E-state index is 12.6. The Morgan fingerprint density at radius 2 is 2.00 bits per heavy atom. The SMILES string of the molecule is Cc1ccc2oc(C(=O)NCCCN(Cc3cccnc3)C(=O)OC(C)(C)C)cc2c1. The second-order valence-corrected chi connectivity index (χ2v) is 8.52. The third-order valence-electron chi connectivity index (χ3n) is 4.53. The van der Waals surface area contributed by atoms with Crippen LogP contribution in [0.4, 0.5) is 4.79 Å². The van der Waals surface area contributed by atoms with E-state index in [4.69, 9.17) is 9.15 Å². The molecule has 0 aliphatic rings. The van der Waals surface area contributed by atoms with Gasteiger partial charge in [0.05, 0.1) is 6.54 Å². The Morgan fingerprint density at radius 1 is 1.19 bits per heavy atom. The summed E-state index contributed by atoms with van der Waals surface area (Å²) in [6, 6.07) is 11.3. The van der Waals surface area contributed by atoms with Crippen LogP contribution in [-0.4, -0.2) is 40.6 Å². The first-order valence-electron chi connectivity index (χ1n) is 10.4. The van der Waals surface area contributed by atoms with Crippen molar-refractivity contribution in [3.63, 3.8) is 0 Å². The van der Waals surface area contributed by atoms with Gasteiger partial charge in [0.25, 0.3) is 5.91 Å². The third kappa shape index (κ3) is 6.57. The molecule has 0 atom stereocenters. The number of hydrogen-bond donors (Lipinski definition) is 1. The molecule has 0 radical (unpaired) electrons. The van der Waals surface area contributed by atoms with Crippen molar-refractivity contribution in [3.8, 4) is 0 Å². The van der Waals surface area contributed by atoms with E-state index >= 15 is 0 Å². The quantitative estimate of drug-likeness (QED) is 0.557. The molecular formula is C24H29N3O4. The summed E-state index contributed by atoms with van der Waals surface area (Å²) >= 11 is 0. The Balaban J connectivity index is 1.56. The molecule has 0 bridgehead atoms. The number of amides is 2. The molecule has 2 aromatic heterocycles. The number of benzene rings is 1. The predicted octanol–water partition coefficient (Wildman–Crippen LogP) is 4.69. The Morgan fingerprint density at radius 3 is 2.71 bits per heavy atom. The van der Waals surface area contributed by atoms with Gasteiger partial charge < -0.3 is 19.4 Å². The van der Waals surface area contributed by atoms with E-state index in [9.17, 15) is 9.59 Å². The molecule has 1 N–H and O–H groups in total. The molecule has 0 unspecified atom stereocenters. The number of pyridine rings is 1. The topological polar surface area (TPSA) is 84.7 Å². The molecular weight excluding hydrogens is 394 g/mol. The smallest absolute Gasteiger partial charge is 0.410 e. The van der Waals surface area contributed by atoms with Crippen molar-refractivity contribution in [1.29, 1.82) is 0 Å². The highest BCUT2D eigenvalue weighted by Crippen LogP contribution is 2.20. The number of aryl methyl sites for hydroxylation is 1. The Labute approximate surface area is 182 Å². The number of hydrogen-bond acceptors (Lipinski definition) is 5. The molecule has 2 heterocycles. The lowest BCUT2D eigenvalue weighted by atomic mass is 10.2. The number of carbonyl (C=O) groups excluding carboxylic acids is 2. The van der Waals surface area contributed by atoms with Crippen molar-refractivity contribution in [1.82, 2.24) is 15.2 Å². The van der Waals surface area contributed by atoms with Crippen LogP contribution in [0.25, 0.3) is 11.0 Å². The van der Waals surface area contributed by atoms with Crippen LogP contribution >= 0.6 is 0 Å². The monoisotopic (exact) mass is 423 g/mol. The zero-order chi connectivity index (χ0) is 22.4. The molecule has 3 rings (SSSR count). The van der Waals surface area contributed by atoms with Crippen molar-refractivity contribution in [3.05, 3.63) is 65.7 Å². The molecule has 0 spiro atoms. The lowest BCUT2D eigenvalue weighted by Gasteiger charge is -2.27. The highest BCUT2D eigenvalue weighted by atomic mass is 16.6. The summed E-state index contributed by atoms with van der Waals surface area (Å²) in [6.07, 6.45) is 3.60. The van der Waals surface area contributed by atoms with Crippen molar-refractivity contribution in [2.45, 2.75) is 46.3 Å². The highest BCUT2D eigenvalue weighted by molar-refractivity contribution is 5.96. The zero-order valence-corrected chi connectivity index (χ0v) is 18.5. The van der Waals surface area contributed by atoms with E-state index in [-0.39, 0.29) is 11.7 Å². The molecule has 0 fully saturated rings. The van der Waals surface area contributed by atoms with Gasteiger partial charge in [0.2, 0.25) is 0 Å². The van der Waals surface area contributed by atoms with Crippen molar-refractivity contribution < 1.29 is 18.7 Å². The number of nitrogens with one attached hydrogen (secondary N) is 1. The maximum atomic E-state index is 12.6. The number of aromatic nitrogens is 1. The molecule has 7 heteroatoms. The number of ether oxygens (including phenoxy) is 1. The van der Waals surface area contributed by atoms with Crippen LogP contribution in [0.2, 0.25) is 0 Å². The second-order valence-electron chi connectivity index (χ2n) is 8.52. The van der Waals surface area contributed by atoms with Crippen LogP contribution in [0, 0.1) is 6.92 Å². The first-order chi connectivity index (χ1) is 14.7. The zero-order valence-electron chi connectivity index (χ0n) is 18.5. The van der Waals surface area contributed by atoms with Crippen LogP contribution < -0.4 is 5.32 Å². The molecule has 2 amide bonds. The van der Waals surface area contributed by atoms with Crippen molar-refractivity contribution >= 4 is 23.0 Å². The molecule has 0 saturated heterocycles. The van der Waals surface area contributed by atoms with Gasteiger partial charge in [-0.1, -0.05) is 17.7 Å². The van der Waals surface area contributed by atoms with Crippen molar-refractivity contribution in [2.24, 2.45) is 0 Å². The van der Waals surface area contributed by atoms with Crippen LogP contribution in [0.1, 0.15) is 48.9 Å². The average Bonchev–Trinajstić information content (AvgIpc) is 3.13. The van der Waals surface area contributed by atoms with Gasteiger partial charge in [-0.3, -0.25) is 9.78 Å². The van der Waals surface area contributed by atoms with Crippen molar-refractivity contribution in [2.75, 3.05) is 13.1 Å². The van der Waals surface area contributed by atoms with Gasteiger partial charge in [0.15, 0.2) is 5.76 Å². The van der Waals surface area contributed by atoms with Gasteiger partial charge >= 0.3 is 6.09 Å². The molecule has 0 aliphatic carbocycles. The van der Waals surface area contributed by atoms with Gasteiger partial charge in [-0.2, -0.15) is 0 Å². The third-order valence-corrected chi connectivity index (χ3v) is 4.53. The first-order valence-corrected chi connectivity index (χ1v) is 10.4. The molecule has 164 valence electrons. The van der Waals surface area contributed by atoms with Crippen LogP contribution in [0.5, 0.6) is 0 Å². The summed E-state index contributed by atoms with van der Waals surface area (Å²) in [6.45, 7) is 8.73. The summed E-state index contributed by atoms with van der Waals surface area (Å²) in [7, 11) is 0. The maximum Gasteiger partial charge on any atom is 0.410 e. The highest BCUT2D eigenvalue weighted by Gasteiger charge is 2.22. The number of rotatable bonds is 7. The van der Waals surface area contributed by atoms with Crippen LogP contribution in [0.3, 0.4) is 0 Å². The number of carbonyl (C=O) groups is 2. The normalized spacial score (nSPS) is 11.4. The fourth-order valence-corrected chi connectivity index (χ4v) is 3.11. The minimum absolute atomic E-state index is 0.273. The first kappa shape index (κ1) is 22.3. The molecule has 7 nitrogen and oxygen atoms in total. The summed E-state index contributed by atoms with van der Waals surface area (Å²) in [4.78, 5) is 30.8. The van der Waals surface area contributed by atoms with E-state index in [1.807, 2.05) is 58.0 Å². The Bertz CT molecular complexity index is 1040. The molecule has 1 aromatic carbocycles. The largest absolute Gasteiger partial charge is 0.451 e. The fourth-order valence-electron chi connectivity index (χ4n) is 3.11. The van der Waals surface area contributed by atoms with E-state index in [2.05, 4.69) is 10.3 Å². The number of fused-ring (bicyclic) bond motifs is 1. The summed E-state index contributed by atoms with van der Waals surface area (Å²) in [5.41, 5.74) is 2.12. The molecule has 31 heavy (non-hydrogen) atoms. The lowest BCUT2D eigenvalue weighted by molar-refractivity contribution is 0.0232. The summed E-state index contributed by atoms with van der Waals surface area (Å²) in [5.74, 6) is 0.00453. The minimum Gasteiger partial charge on any atom is -0.451 e. The van der Waals surface area contributed by atoms with Gasteiger partial charge in [-0.05, 0) is 63.9 Å². The van der Waals surface area contributed by atoms with E-state index in [1.165, 1.54) is 0 Å². The van der Waals surface area contributed by atoms with E-state index in [1.54, 1.807) is 23.4 Å². The van der Waals surface area contributed by atoms with Crippen LogP contribution in [0.15, 0.2) is 53.2 Å². The van der Waals surface area contributed by atoms with Gasteiger partial charge in [0.1, 0.15) is 11.2 Å². The standard InChI is InChI=1S/C24H29N3O4/c1-17-8-9-20-19(13-17)14-21(30-20)22(28)26-11-6-12-27(23(29)31-24(2,3)4)16-18-7-5-10-25-15-18/h5,7-10,13-15H,6,11-12,16H2,1-4H3,(H,26,28). The van der Waals surface area contributed by atoms with Gasteiger partial charge in [-0.25, -0.2) is 4.79 Å².